The van der Waals surface area contributed by atoms with Gasteiger partial charge >= 0.3 is 5.97 Å². The first kappa shape index (κ1) is 14.7. The molecule has 0 amide bonds. The van der Waals surface area contributed by atoms with Crippen molar-refractivity contribution in [3.05, 3.63) is 23.8 Å². The van der Waals surface area contributed by atoms with E-state index in [0.29, 0.717) is 31.9 Å². The summed E-state index contributed by atoms with van der Waals surface area (Å²) in [6.45, 7) is 5.89. The lowest BCUT2D eigenvalue weighted by Crippen LogP contribution is -2.31. The van der Waals surface area contributed by atoms with Crippen LogP contribution in [0.3, 0.4) is 0 Å². The van der Waals surface area contributed by atoms with Gasteiger partial charge in [-0.05, 0) is 32.9 Å². The van der Waals surface area contributed by atoms with Gasteiger partial charge < -0.3 is 14.9 Å². The van der Waals surface area contributed by atoms with Crippen LogP contribution < -0.4 is 4.74 Å². The number of hydrogen-bond donors (Lipinski definition) is 2. The summed E-state index contributed by atoms with van der Waals surface area (Å²) >= 11 is 0. The van der Waals surface area contributed by atoms with E-state index in [1.54, 1.807) is 13.0 Å². The summed E-state index contributed by atoms with van der Waals surface area (Å²) in [5.41, 5.74) is 0.0817. The zero-order valence-electron chi connectivity index (χ0n) is 11.9. The van der Waals surface area contributed by atoms with Crippen molar-refractivity contribution in [1.82, 2.24) is 4.90 Å². The summed E-state index contributed by atoms with van der Waals surface area (Å²) in [6.07, 6.45) is 0.633. The van der Waals surface area contributed by atoms with Gasteiger partial charge in [-0.15, -0.1) is 0 Å². The van der Waals surface area contributed by atoms with Crippen LogP contribution in [0.2, 0.25) is 0 Å². The summed E-state index contributed by atoms with van der Waals surface area (Å²) in [7, 11) is 0. The molecule has 5 nitrogen and oxygen atoms in total. The second-order valence-corrected chi connectivity index (χ2v) is 5.52. The van der Waals surface area contributed by atoms with Gasteiger partial charge in [0.05, 0.1) is 12.0 Å². The van der Waals surface area contributed by atoms with Crippen molar-refractivity contribution in [3.8, 4) is 11.5 Å². The smallest absolute Gasteiger partial charge is 0.310 e. The molecule has 0 radical (unpaired) electrons. The van der Waals surface area contributed by atoms with Gasteiger partial charge in [0, 0.05) is 18.7 Å². The molecule has 1 fully saturated rings. The number of benzene rings is 1. The summed E-state index contributed by atoms with van der Waals surface area (Å²) in [6, 6.07) is 5.41. The molecule has 110 valence electrons. The van der Waals surface area contributed by atoms with Crippen LogP contribution in [0.1, 0.15) is 25.8 Å². The fourth-order valence-corrected chi connectivity index (χ4v) is 2.57. The third-order valence-corrected chi connectivity index (χ3v) is 3.85. The molecule has 1 aliphatic rings. The Hall–Kier alpha value is -1.75. The average Bonchev–Trinajstić information content (AvgIpc) is 2.78. The first-order valence-electron chi connectivity index (χ1n) is 6.85. The normalized spacial score (nSPS) is 22.9. The van der Waals surface area contributed by atoms with Gasteiger partial charge in [-0.2, -0.15) is 0 Å². The molecule has 1 heterocycles. The quantitative estimate of drug-likeness (QED) is 0.863. The van der Waals surface area contributed by atoms with Gasteiger partial charge in [0.15, 0.2) is 11.5 Å². The van der Waals surface area contributed by atoms with Gasteiger partial charge in [-0.3, -0.25) is 9.69 Å². The summed E-state index contributed by atoms with van der Waals surface area (Å²) in [5, 5.41) is 19.4. The zero-order valence-corrected chi connectivity index (χ0v) is 11.9. The van der Waals surface area contributed by atoms with Crippen molar-refractivity contribution < 1.29 is 19.7 Å². The molecule has 0 aromatic heterocycles. The van der Waals surface area contributed by atoms with Crippen molar-refractivity contribution in [3.63, 3.8) is 0 Å². The van der Waals surface area contributed by atoms with Crippen LogP contribution in [0.25, 0.3) is 0 Å². The van der Waals surface area contributed by atoms with E-state index >= 15 is 0 Å². The van der Waals surface area contributed by atoms with Gasteiger partial charge in [-0.1, -0.05) is 12.1 Å². The van der Waals surface area contributed by atoms with E-state index in [-0.39, 0.29) is 5.75 Å². The first-order valence-corrected chi connectivity index (χ1v) is 6.85. The monoisotopic (exact) mass is 279 g/mol. The minimum atomic E-state index is -0.757. The largest absolute Gasteiger partial charge is 0.504 e. The molecule has 0 saturated carbocycles. The van der Waals surface area contributed by atoms with Crippen LogP contribution in [0, 0.1) is 5.41 Å². The SMILES string of the molecule is CCOc1cccc(CN2CCC(C)(C(=O)O)C2)c1O. The highest BCUT2D eigenvalue weighted by Crippen LogP contribution is 2.34. The summed E-state index contributed by atoms with van der Waals surface area (Å²) in [5.74, 6) is -0.129. The second-order valence-electron chi connectivity index (χ2n) is 5.52. The molecule has 2 rings (SSSR count). The van der Waals surface area contributed by atoms with Crippen LogP contribution in [0.4, 0.5) is 0 Å². The Kier molecular flexibility index (Phi) is 4.18. The van der Waals surface area contributed by atoms with E-state index < -0.39 is 11.4 Å². The number of phenols is 1. The van der Waals surface area contributed by atoms with Gasteiger partial charge in [0.25, 0.3) is 0 Å². The molecular formula is C15H21NO4. The van der Waals surface area contributed by atoms with Crippen molar-refractivity contribution in [2.24, 2.45) is 5.41 Å². The number of rotatable bonds is 5. The van der Waals surface area contributed by atoms with Crippen LogP contribution in [0.15, 0.2) is 18.2 Å². The lowest BCUT2D eigenvalue weighted by molar-refractivity contribution is -0.147. The molecule has 0 spiro atoms. The van der Waals surface area contributed by atoms with Gasteiger partial charge in [-0.25, -0.2) is 0 Å². The van der Waals surface area contributed by atoms with Gasteiger partial charge in [0.1, 0.15) is 0 Å². The number of aliphatic carboxylic acids is 1. The fourth-order valence-electron chi connectivity index (χ4n) is 2.57. The Morgan fingerprint density at radius 3 is 2.85 bits per heavy atom. The predicted octanol–water partition coefficient (Wildman–Crippen LogP) is 2.09. The zero-order chi connectivity index (χ0) is 14.8. The Morgan fingerprint density at radius 2 is 2.25 bits per heavy atom. The van der Waals surface area contributed by atoms with Crippen molar-refractivity contribution in [2.75, 3.05) is 19.7 Å². The Morgan fingerprint density at radius 1 is 1.50 bits per heavy atom. The molecule has 0 aliphatic carbocycles. The number of para-hydroxylation sites is 1. The average molecular weight is 279 g/mol. The van der Waals surface area contributed by atoms with E-state index in [2.05, 4.69) is 4.90 Å². The number of likely N-dealkylation sites (tertiary alicyclic amines) is 1. The third-order valence-electron chi connectivity index (χ3n) is 3.85. The number of nitrogens with zero attached hydrogens (tertiary/aromatic N) is 1. The van der Waals surface area contributed by atoms with Crippen LogP contribution in [-0.2, 0) is 11.3 Å². The number of carboxylic acid groups (broad SMARTS) is 1. The molecular weight excluding hydrogens is 258 g/mol. The van der Waals surface area contributed by atoms with E-state index in [1.165, 1.54) is 0 Å². The van der Waals surface area contributed by atoms with Crippen LogP contribution >= 0.6 is 0 Å². The van der Waals surface area contributed by atoms with E-state index in [0.717, 1.165) is 12.1 Å². The topological polar surface area (TPSA) is 70.0 Å². The minimum absolute atomic E-state index is 0.151. The van der Waals surface area contributed by atoms with Gasteiger partial charge in [0.2, 0.25) is 0 Å². The maximum atomic E-state index is 11.2. The van der Waals surface area contributed by atoms with E-state index in [9.17, 15) is 15.0 Å². The number of carboxylic acids is 1. The highest BCUT2D eigenvalue weighted by atomic mass is 16.5. The number of carbonyl (C=O) groups is 1. The van der Waals surface area contributed by atoms with Crippen molar-refractivity contribution in [2.45, 2.75) is 26.8 Å². The number of phenolic OH excluding ortho intramolecular Hbond substituents is 1. The van der Waals surface area contributed by atoms with E-state index in [4.69, 9.17) is 4.74 Å². The molecule has 1 aromatic rings. The Labute approximate surface area is 118 Å². The highest BCUT2D eigenvalue weighted by Gasteiger charge is 2.40. The Balaban J connectivity index is 2.08. The minimum Gasteiger partial charge on any atom is -0.504 e. The molecule has 1 aliphatic heterocycles. The Bertz CT molecular complexity index is 503. The molecule has 1 saturated heterocycles. The number of ether oxygens (including phenoxy) is 1. The predicted molar refractivity (Wildman–Crippen MR) is 74.9 cm³/mol. The summed E-state index contributed by atoms with van der Waals surface area (Å²) < 4.78 is 5.36. The molecule has 20 heavy (non-hydrogen) atoms. The second kappa shape index (κ2) is 5.71. The van der Waals surface area contributed by atoms with Crippen molar-refractivity contribution >= 4 is 5.97 Å². The molecule has 1 atom stereocenters. The lowest BCUT2D eigenvalue weighted by Gasteiger charge is -2.20. The lowest BCUT2D eigenvalue weighted by atomic mass is 9.90. The fraction of sp³-hybridized carbons (Fsp3) is 0.533. The number of aromatic hydroxyl groups is 1. The number of hydrogen-bond acceptors (Lipinski definition) is 4. The maximum Gasteiger partial charge on any atom is 0.310 e. The summed E-state index contributed by atoms with van der Waals surface area (Å²) in [4.78, 5) is 13.3. The van der Waals surface area contributed by atoms with Crippen LogP contribution in [0.5, 0.6) is 11.5 Å². The molecule has 2 N–H and O–H groups in total. The van der Waals surface area contributed by atoms with E-state index in [1.807, 2.05) is 19.1 Å². The first-order chi connectivity index (χ1) is 9.46. The molecule has 1 aromatic carbocycles. The highest BCUT2D eigenvalue weighted by molar-refractivity contribution is 5.74. The van der Waals surface area contributed by atoms with Crippen molar-refractivity contribution in [1.29, 1.82) is 0 Å². The molecule has 1 unspecified atom stereocenters. The molecule has 5 heteroatoms. The third kappa shape index (κ3) is 2.88. The van der Waals surface area contributed by atoms with Crippen LogP contribution in [-0.4, -0.2) is 40.8 Å². The molecule has 0 bridgehead atoms. The maximum absolute atomic E-state index is 11.2. The standard InChI is InChI=1S/C15H21NO4/c1-3-20-12-6-4-5-11(13(12)17)9-16-8-7-15(2,10-16)14(18)19/h4-6,17H,3,7-10H2,1-2H3,(H,18,19).